The van der Waals surface area contributed by atoms with E-state index in [9.17, 15) is 13.2 Å². The van der Waals surface area contributed by atoms with E-state index in [1.165, 1.54) is 6.07 Å². The molecule has 0 amide bonds. The molecular formula is C20H12F3N3O. The number of hydrogen-bond donors (Lipinski definition) is 0. The van der Waals surface area contributed by atoms with Gasteiger partial charge in [0.1, 0.15) is 11.4 Å². The second kappa shape index (κ2) is 6.68. The highest BCUT2D eigenvalue weighted by Crippen LogP contribution is 2.35. The molecule has 0 radical (unpaired) electrons. The molecule has 27 heavy (non-hydrogen) atoms. The van der Waals surface area contributed by atoms with Crippen LogP contribution in [0.3, 0.4) is 0 Å². The summed E-state index contributed by atoms with van der Waals surface area (Å²) in [6.07, 6.45) is 1.55. The lowest BCUT2D eigenvalue weighted by Crippen LogP contribution is -2.07. The number of fused-ring (bicyclic) bond motifs is 1. The van der Waals surface area contributed by atoms with Crippen LogP contribution in [0.25, 0.3) is 21.9 Å². The van der Waals surface area contributed by atoms with Gasteiger partial charge in [-0.3, -0.25) is 4.98 Å². The van der Waals surface area contributed by atoms with Gasteiger partial charge >= 0.3 is 6.18 Å². The number of nitrogens with zero attached hydrogens (tertiary/aromatic N) is 3. The number of benzene rings is 1. The third-order valence-corrected chi connectivity index (χ3v) is 3.99. The molecule has 4 aromatic rings. The highest BCUT2D eigenvalue weighted by molar-refractivity contribution is 5.97. The highest BCUT2D eigenvalue weighted by Gasteiger charge is 2.32. The van der Waals surface area contributed by atoms with Gasteiger partial charge in [0.25, 0.3) is 0 Å². The summed E-state index contributed by atoms with van der Waals surface area (Å²) < 4.78 is 43.7. The molecule has 0 saturated heterocycles. The number of hydrogen-bond acceptors (Lipinski definition) is 4. The molecule has 0 aliphatic carbocycles. The summed E-state index contributed by atoms with van der Waals surface area (Å²) in [6.45, 7) is 0. The maximum absolute atomic E-state index is 12.7. The molecule has 1 aromatic carbocycles. The van der Waals surface area contributed by atoms with Crippen molar-refractivity contribution in [2.75, 3.05) is 0 Å². The number of ether oxygens (including phenoxy) is 1. The predicted octanol–water partition coefficient (Wildman–Crippen LogP) is 5.50. The minimum atomic E-state index is -4.50. The topological polar surface area (TPSA) is 47.9 Å². The van der Waals surface area contributed by atoms with Gasteiger partial charge in [0.05, 0.1) is 6.20 Å². The molecule has 0 saturated carbocycles. The van der Waals surface area contributed by atoms with Crippen LogP contribution in [-0.2, 0) is 6.18 Å². The molecule has 0 spiro atoms. The number of halogens is 3. The van der Waals surface area contributed by atoms with Crippen LogP contribution in [0, 0.1) is 0 Å². The Kier molecular flexibility index (Phi) is 4.19. The average molecular weight is 367 g/mol. The van der Waals surface area contributed by atoms with Crippen molar-refractivity contribution >= 4 is 10.8 Å². The standard InChI is InChI=1S/C20H12F3N3O/c21-20(22,23)18-7-6-14(11-26-18)27-19-16(5-2-9-25-19)15-4-1-3-13-8-10-24-12-17(13)15/h1-12H. The Morgan fingerprint density at radius 1 is 0.778 bits per heavy atom. The molecule has 0 atom stereocenters. The van der Waals surface area contributed by atoms with Crippen LogP contribution in [0.15, 0.2) is 73.3 Å². The summed E-state index contributed by atoms with van der Waals surface area (Å²) in [5, 5.41) is 1.93. The Hall–Kier alpha value is -3.48. The Morgan fingerprint density at radius 2 is 1.63 bits per heavy atom. The molecule has 0 fully saturated rings. The first-order chi connectivity index (χ1) is 13.0. The van der Waals surface area contributed by atoms with Crippen molar-refractivity contribution in [2.45, 2.75) is 6.18 Å². The average Bonchev–Trinajstić information content (AvgIpc) is 2.68. The maximum Gasteiger partial charge on any atom is 0.433 e. The molecule has 4 rings (SSSR count). The third kappa shape index (κ3) is 3.44. The second-order valence-electron chi connectivity index (χ2n) is 5.74. The van der Waals surface area contributed by atoms with Crippen LogP contribution in [0.2, 0.25) is 0 Å². The van der Waals surface area contributed by atoms with E-state index in [-0.39, 0.29) is 11.6 Å². The Morgan fingerprint density at radius 3 is 2.41 bits per heavy atom. The molecular weight excluding hydrogens is 355 g/mol. The van der Waals surface area contributed by atoms with Crippen molar-refractivity contribution in [3.05, 3.63) is 79.0 Å². The van der Waals surface area contributed by atoms with Gasteiger partial charge in [0, 0.05) is 29.5 Å². The molecule has 3 heterocycles. The van der Waals surface area contributed by atoms with E-state index in [0.717, 1.165) is 28.6 Å². The van der Waals surface area contributed by atoms with Gasteiger partial charge in [-0.15, -0.1) is 0 Å². The molecule has 3 aromatic heterocycles. The quantitative estimate of drug-likeness (QED) is 0.479. The van der Waals surface area contributed by atoms with Crippen molar-refractivity contribution in [1.29, 1.82) is 0 Å². The van der Waals surface area contributed by atoms with E-state index in [0.29, 0.717) is 5.56 Å². The summed E-state index contributed by atoms with van der Waals surface area (Å²) in [5.74, 6) is 0.441. The molecule has 7 heteroatoms. The smallest absolute Gasteiger partial charge is 0.433 e. The lowest BCUT2D eigenvalue weighted by atomic mass is 10.0. The SMILES string of the molecule is FC(F)(F)c1ccc(Oc2ncccc2-c2cccc3ccncc23)cn1. The summed E-state index contributed by atoms with van der Waals surface area (Å²) in [4.78, 5) is 11.8. The minimum Gasteiger partial charge on any atom is -0.437 e. The van der Waals surface area contributed by atoms with Crippen LogP contribution < -0.4 is 4.74 Å². The summed E-state index contributed by atoms with van der Waals surface area (Å²) >= 11 is 0. The fraction of sp³-hybridized carbons (Fsp3) is 0.0500. The molecule has 0 unspecified atom stereocenters. The van der Waals surface area contributed by atoms with E-state index in [1.807, 2.05) is 30.3 Å². The first-order valence-electron chi connectivity index (χ1n) is 8.01. The van der Waals surface area contributed by atoms with Crippen LogP contribution in [0.5, 0.6) is 11.6 Å². The molecule has 0 N–H and O–H groups in total. The Balaban J connectivity index is 1.74. The van der Waals surface area contributed by atoms with Gasteiger partial charge in [-0.05, 0) is 41.3 Å². The van der Waals surface area contributed by atoms with Crippen molar-refractivity contribution < 1.29 is 17.9 Å². The van der Waals surface area contributed by atoms with E-state index >= 15 is 0 Å². The van der Waals surface area contributed by atoms with E-state index in [1.54, 1.807) is 24.7 Å². The highest BCUT2D eigenvalue weighted by atomic mass is 19.4. The van der Waals surface area contributed by atoms with Crippen molar-refractivity contribution in [1.82, 2.24) is 15.0 Å². The van der Waals surface area contributed by atoms with Gasteiger partial charge in [0.2, 0.25) is 5.88 Å². The monoisotopic (exact) mass is 367 g/mol. The number of rotatable bonds is 3. The first kappa shape index (κ1) is 17.0. The van der Waals surface area contributed by atoms with Crippen molar-refractivity contribution in [3.63, 3.8) is 0 Å². The van der Waals surface area contributed by atoms with E-state index in [2.05, 4.69) is 15.0 Å². The predicted molar refractivity (Wildman–Crippen MR) is 94.3 cm³/mol. The fourth-order valence-corrected chi connectivity index (χ4v) is 2.75. The molecule has 134 valence electrons. The molecule has 4 nitrogen and oxygen atoms in total. The van der Waals surface area contributed by atoms with Gasteiger partial charge in [-0.2, -0.15) is 13.2 Å². The van der Waals surface area contributed by atoms with Crippen LogP contribution in [0.4, 0.5) is 13.2 Å². The fourth-order valence-electron chi connectivity index (χ4n) is 2.75. The van der Waals surface area contributed by atoms with Gasteiger partial charge < -0.3 is 4.74 Å². The van der Waals surface area contributed by atoms with Gasteiger partial charge in [0.15, 0.2) is 0 Å². The van der Waals surface area contributed by atoms with Crippen LogP contribution in [-0.4, -0.2) is 15.0 Å². The van der Waals surface area contributed by atoms with Gasteiger partial charge in [-0.25, -0.2) is 9.97 Å². The zero-order chi connectivity index (χ0) is 18.9. The van der Waals surface area contributed by atoms with E-state index in [4.69, 9.17) is 4.74 Å². The molecule has 0 aliphatic rings. The Bertz CT molecular complexity index is 1090. The second-order valence-corrected chi connectivity index (χ2v) is 5.74. The summed E-state index contributed by atoms with van der Waals surface area (Å²) in [7, 11) is 0. The zero-order valence-electron chi connectivity index (χ0n) is 13.8. The Labute approximate surface area is 152 Å². The maximum atomic E-state index is 12.7. The van der Waals surface area contributed by atoms with Crippen molar-refractivity contribution in [3.8, 4) is 22.8 Å². The van der Waals surface area contributed by atoms with Crippen LogP contribution in [0.1, 0.15) is 5.69 Å². The number of pyridine rings is 3. The number of alkyl halides is 3. The summed E-state index contributed by atoms with van der Waals surface area (Å²) in [6, 6.07) is 13.4. The lowest BCUT2D eigenvalue weighted by molar-refractivity contribution is -0.141. The van der Waals surface area contributed by atoms with Crippen molar-refractivity contribution in [2.24, 2.45) is 0 Å². The van der Waals surface area contributed by atoms with E-state index < -0.39 is 11.9 Å². The van der Waals surface area contributed by atoms with Crippen LogP contribution >= 0.6 is 0 Å². The molecule has 0 aliphatic heterocycles. The normalized spacial score (nSPS) is 11.5. The summed E-state index contributed by atoms with van der Waals surface area (Å²) in [5.41, 5.74) is 0.593. The van der Waals surface area contributed by atoms with Gasteiger partial charge in [-0.1, -0.05) is 18.2 Å². The largest absolute Gasteiger partial charge is 0.437 e. The lowest BCUT2D eigenvalue weighted by Gasteiger charge is -2.12. The first-order valence-corrected chi connectivity index (χ1v) is 8.01. The number of aromatic nitrogens is 3. The minimum absolute atomic E-state index is 0.168. The molecule has 0 bridgehead atoms. The third-order valence-electron chi connectivity index (χ3n) is 3.99. The zero-order valence-corrected chi connectivity index (χ0v) is 13.8.